The van der Waals surface area contributed by atoms with Gasteiger partial charge in [0.2, 0.25) is 5.78 Å². The zero-order valence-corrected chi connectivity index (χ0v) is 21.6. The van der Waals surface area contributed by atoms with Crippen LogP contribution in [0.5, 0.6) is 0 Å². The molecule has 2 aromatic carbocycles. The molecule has 0 atom stereocenters. The van der Waals surface area contributed by atoms with Crippen molar-refractivity contribution >= 4 is 45.1 Å². The Morgan fingerprint density at radius 3 is 2.17 bits per heavy atom. The highest BCUT2D eigenvalue weighted by Crippen LogP contribution is 2.33. The number of fused-ring (bicyclic) bond motifs is 3. The number of hydrogen-bond donors (Lipinski definition) is 0. The number of nitrogens with zero attached hydrogens (tertiary/aromatic N) is 2. The lowest BCUT2D eigenvalue weighted by Gasteiger charge is -2.20. The van der Waals surface area contributed by atoms with E-state index in [4.69, 9.17) is 4.84 Å². The Labute approximate surface area is 212 Å². The first kappa shape index (κ1) is 25.8. The molecule has 190 valence electrons. The Hall–Kier alpha value is -3.28. The van der Waals surface area contributed by atoms with Crippen molar-refractivity contribution in [3.8, 4) is 0 Å². The van der Waals surface area contributed by atoms with E-state index in [0.29, 0.717) is 12.0 Å². The Morgan fingerprint density at radius 2 is 1.56 bits per heavy atom. The molecule has 36 heavy (non-hydrogen) atoms. The monoisotopic (exact) mass is 488 g/mol. The van der Waals surface area contributed by atoms with Gasteiger partial charge in [-0.3, -0.25) is 9.59 Å². The van der Waals surface area contributed by atoms with Crippen LogP contribution in [-0.4, -0.2) is 27.8 Å². The van der Waals surface area contributed by atoms with Crippen molar-refractivity contribution in [1.82, 2.24) is 4.57 Å². The number of unbranched alkanes of at least 4 members (excludes halogenated alkanes) is 2. The summed E-state index contributed by atoms with van der Waals surface area (Å²) in [6.45, 7) is 6.24. The van der Waals surface area contributed by atoms with Gasteiger partial charge in [0, 0.05) is 52.3 Å². The van der Waals surface area contributed by atoms with E-state index in [1.807, 2.05) is 36.4 Å². The third-order valence-corrected chi connectivity index (χ3v) is 7.27. The number of ketones is 2. The summed E-state index contributed by atoms with van der Waals surface area (Å²) >= 11 is 0. The lowest BCUT2D eigenvalue weighted by atomic mass is 9.83. The Bertz CT molecular complexity index is 1310. The fraction of sp³-hybridized carbons (Fsp3) is 0.467. The molecule has 6 heteroatoms. The summed E-state index contributed by atoms with van der Waals surface area (Å²) < 4.78 is 2.21. The molecule has 0 unspecified atom stereocenters. The van der Waals surface area contributed by atoms with Gasteiger partial charge < -0.3 is 9.40 Å². The van der Waals surface area contributed by atoms with Crippen LogP contribution in [0.15, 0.2) is 41.6 Å². The van der Waals surface area contributed by atoms with Gasteiger partial charge in [-0.2, -0.15) is 0 Å². The van der Waals surface area contributed by atoms with E-state index < -0.39 is 5.97 Å². The highest BCUT2D eigenvalue weighted by molar-refractivity contribution is 6.46. The maximum Gasteiger partial charge on any atom is 0.331 e. The summed E-state index contributed by atoms with van der Waals surface area (Å²) in [4.78, 5) is 42.8. The topological polar surface area (TPSA) is 77.7 Å². The van der Waals surface area contributed by atoms with Crippen molar-refractivity contribution < 1.29 is 19.2 Å². The van der Waals surface area contributed by atoms with Crippen LogP contribution in [0.2, 0.25) is 0 Å². The molecule has 0 radical (unpaired) electrons. The molecule has 4 rings (SSSR count). The third-order valence-electron chi connectivity index (χ3n) is 7.27. The van der Waals surface area contributed by atoms with Crippen LogP contribution < -0.4 is 0 Å². The van der Waals surface area contributed by atoms with Crippen LogP contribution >= 0.6 is 0 Å². The molecule has 1 aromatic heterocycles. The van der Waals surface area contributed by atoms with Gasteiger partial charge in [0.15, 0.2) is 5.78 Å². The summed E-state index contributed by atoms with van der Waals surface area (Å²) in [5.41, 5.74) is 3.58. The fourth-order valence-electron chi connectivity index (χ4n) is 5.37. The van der Waals surface area contributed by atoms with Crippen molar-refractivity contribution in [2.45, 2.75) is 85.1 Å². The van der Waals surface area contributed by atoms with Crippen molar-refractivity contribution in [3.63, 3.8) is 0 Å². The SMILES string of the molecule is CCCCCC(=NOC(C)=O)C(=O)c1ccc2c(c1)c1cc(C(=O)C3CCCCC3)ccc1n2CC. The van der Waals surface area contributed by atoms with Crippen LogP contribution in [0.1, 0.15) is 99.3 Å². The van der Waals surface area contributed by atoms with Gasteiger partial charge in [-0.05, 0) is 69.0 Å². The zero-order chi connectivity index (χ0) is 25.7. The molecule has 6 nitrogen and oxygen atoms in total. The molecule has 0 aliphatic heterocycles. The Morgan fingerprint density at radius 1 is 0.917 bits per heavy atom. The van der Waals surface area contributed by atoms with Gasteiger partial charge in [0.25, 0.3) is 0 Å². The first-order valence-electron chi connectivity index (χ1n) is 13.3. The normalized spacial score (nSPS) is 14.9. The lowest BCUT2D eigenvalue weighted by molar-refractivity contribution is -0.140. The zero-order valence-electron chi connectivity index (χ0n) is 21.6. The minimum atomic E-state index is -0.549. The van der Waals surface area contributed by atoms with Crippen LogP contribution in [0.25, 0.3) is 21.8 Å². The van der Waals surface area contributed by atoms with E-state index in [9.17, 15) is 14.4 Å². The fourth-order valence-corrected chi connectivity index (χ4v) is 5.37. The number of oxime groups is 1. The third kappa shape index (κ3) is 5.43. The molecule has 1 aliphatic carbocycles. The second-order valence-corrected chi connectivity index (χ2v) is 9.81. The summed E-state index contributed by atoms with van der Waals surface area (Å²) in [6, 6.07) is 11.7. The Balaban J connectivity index is 1.75. The highest BCUT2D eigenvalue weighted by Gasteiger charge is 2.24. The second-order valence-electron chi connectivity index (χ2n) is 9.81. The van der Waals surface area contributed by atoms with Crippen molar-refractivity contribution in [3.05, 3.63) is 47.5 Å². The maximum absolute atomic E-state index is 13.4. The molecular weight excluding hydrogens is 452 g/mol. The van der Waals surface area contributed by atoms with Crippen molar-refractivity contribution in [2.24, 2.45) is 11.1 Å². The molecule has 1 saturated carbocycles. The van der Waals surface area contributed by atoms with E-state index in [-0.39, 0.29) is 23.2 Å². The predicted molar refractivity (Wildman–Crippen MR) is 144 cm³/mol. The largest absolute Gasteiger partial charge is 0.341 e. The summed E-state index contributed by atoms with van der Waals surface area (Å²) in [5, 5.41) is 5.81. The number of carbonyl (C=O) groups is 3. The quantitative estimate of drug-likeness (QED) is 0.0989. The minimum absolute atomic E-state index is 0.107. The average molecular weight is 489 g/mol. The highest BCUT2D eigenvalue weighted by atomic mass is 16.7. The van der Waals surface area contributed by atoms with Crippen LogP contribution in [0.4, 0.5) is 0 Å². The number of hydrogen-bond acceptors (Lipinski definition) is 5. The molecule has 0 bridgehead atoms. The smallest absolute Gasteiger partial charge is 0.331 e. The van der Waals surface area contributed by atoms with Crippen LogP contribution in [0.3, 0.4) is 0 Å². The van der Waals surface area contributed by atoms with Gasteiger partial charge in [0.1, 0.15) is 5.71 Å². The molecule has 1 aliphatic rings. The van der Waals surface area contributed by atoms with E-state index in [1.165, 1.54) is 13.3 Å². The van der Waals surface area contributed by atoms with Crippen molar-refractivity contribution in [2.75, 3.05) is 0 Å². The predicted octanol–water partition coefficient (Wildman–Crippen LogP) is 7.26. The number of benzene rings is 2. The van der Waals surface area contributed by atoms with Crippen LogP contribution in [0, 0.1) is 5.92 Å². The van der Waals surface area contributed by atoms with Gasteiger partial charge in [-0.15, -0.1) is 0 Å². The average Bonchev–Trinajstić information content (AvgIpc) is 3.22. The number of aryl methyl sites for hydroxylation is 1. The molecule has 3 aromatic rings. The lowest BCUT2D eigenvalue weighted by Crippen LogP contribution is -2.17. The molecule has 1 fully saturated rings. The van der Waals surface area contributed by atoms with E-state index in [0.717, 1.165) is 78.9 Å². The summed E-state index contributed by atoms with van der Waals surface area (Å²) in [7, 11) is 0. The molecule has 0 saturated heterocycles. The number of Topliss-reactive ketones (excluding diaryl/α,β-unsaturated/α-hetero) is 2. The number of rotatable bonds is 10. The molecule has 0 N–H and O–H groups in total. The standard InChI is InChI=1S/C30H36N2O4/c1-4-6-8-13-26(31-36-20(3)33)30(35)23-15-17-28-25(19-23)24-18-22(14-16-27(24)32(28)5-2)29(34)21-11-9-7-10-12-21/h14-19,21H,4-13H2,1-3H3. The summed E-state index contributed by atoms with van der Waals surface area (Å²) in [5.74, 6) is -0.447. The molecule has 1 heterocycles. The number of carbonyl (C=O) groups excluding carboxylic acids is 3. The second kappa shape index (κ2) is 11.6. The Kier molecular flexibility index (Phi) is 8.34. The molecular formula is C30H36N2O4. The first-order chi connectivity index (χ1) is 17.4. The molecule has 0 spiro atoms. The van der Waals surface area contributed by atoms with E-state index >= 15 is 0 Å². The van der Waals surface area contributed by atoms with E-state index in [1.54, 1.807) is 0 Å². The number of aromatic nitrogens is 1. The van der Waals surface area contributed by atoms with E-state index in [2.05, 4.69) is 23.6 Å². The summed E-state index contributed by atoms with van der Waals surface area (Å²) in [6.07, 6.45) is 8.62. The van der Waals surface area contributed by atoms with Gasteiger partial charge >= 0.3 is 5.97 Å². The maximum atomic E-state index is 13.4. The van der Waals surface area contributed by atoms with Crippen LogP contribution in [-0.2, 0) is 16.2 Å². The molecule has 0 amide bonds. The van der Waals surface area contributed by atoms with Gasteiger partial charge in [0.05, 0.1) is 0 Å². The van der Waals surface area contributed by atoms with Gasteiger partial charge in [-0.25, -0.2) is 4.79 Å². The first-order valence-corrected chi connectivity index (χ1v) is 13.3. The minimum Gasteiger partial charge on any atom is -0.341 e. The van der Waals surface area contributed by atoms with Gasteiger partial charge in [-0.1, -0.05) is 44.2 Å². The van der Waals surface area contributed by atoms with Crippen molar-refractivity contribution in [1.29, 1.82) is 0 Å².